The van der Waals surface area contributed by atoms with Crippen molar-refractivity contribution < 1.29 is 9.90 Å². The average Bonchev–Trinajstić information content (AvgIpc) is 3.09. The number of carbonyl (C=O) groups excluding carboxylic acids is 1. The topological polar surface area (TPSA) is 104 Å². The van der Waals surface area contributed by atoms with Crippen LogP contribution in [0.25, 0.3) is 27.9 Å². The Morgan fingerprint density at radius 2 is 2.00 bits per heavy atom. The number of phenolic OH excluding ortho intramolecular Hbond substituents is 1. The molecule has 0 aliphatic carbocycles. The number of carbonyl (C=O) groups is 1. The van der Waals surface area contributed by atoms with Crippen LogP contribution in [0.4, 0.5) is 5.95 Å². The Morgan fingerprint density at radius 3 is 2.90 bits per heavy atom. The average molecular weight is 388 g/mol. The third-order valence-electron chi connectivity index (χ3n) is 5.12. The fourth-order valence-corrected chi connectivity index (χ4v) is 3.65. The quantitative estimate of drug-likeness (QED) is 0.498. The molecular formula is C21H20N6O2. The van der Waals surface area contributed by atoms with Crippen LogP contribution in [0.3, 0.4) is 0 Å². The van der Waals surface area contributed by atoms with Crippen molar-refractivity contribution >= 4 is 28.4 Å². The first-order chi connectivity index (χ1) is 14.2. The van der Waals surface area contributed by atoms with Crippen LogP contribution in [0.5, 0.6) is 5.75 Å². The number of hydrogen-bond donors (Lipinski definition) is 3. The van der Waals surface area contributed by atoms with E-state index < -0.39 is 0 Å². The SMILES string of the molecule is O=C1NCCCC[C@H]1Nc1nc2ccccc2c2nc(-c3cccc(O)c3)nn12. The van der Waals surface area contributed by atoms with Crippen LogP contribution in [-0.4, -0.2) is 43.2 Å². The molecule has 8 heteroatoms. The number of aromatic hydroxyl groups is 1. The second-order valence-corrected chi connectivity index (χ2v) is 7.16. The van der Waals surface area contributed by atoms with Crippen LogP contribution in [0, 0.1) is 0 Å². The Kier molecular flexibility index (Phi) is 4.23. The summed E-state index contributed by atoms with van der Waals surface area (Å²) >= 11 is 0. The summed E-state index contributed by atoms with van der Waals surface area (Å²) < 4.78 is 1.64. The van der Waals surface area contributed by atoms with Crippen LogP contribution in [0.15, 0.2) is 48.5 Å². The first kappa shape index (κ1) is 17.4. The van der Waals surface area contributed by atoms with E-state index in [2.05, 4.69) is 15.7 Å². The van der Waals surface area contributed by atoms with Crippen LogP contribution < -0.4 is 10.6 Å². The molecule has 4 aromatic rings. The van der Waals surface area contributed by atoms with Gasteiger partial charge in [0.25, 0.3) is 0 Å². The molecule has 2 aromatic heterocycles. The first-order valence-electron chi connectivity index (χ1n) is 9.68. The van der Waals surface area contributed by atoms with Gasteiger partial charge < -0.3 is 15.7 Å². The number of para-hydroxylation sites is 1. The minimum absolute atomic E-state index is 0.0288. The van der Waals surface area contributed by atoms with Crippen LogP contribution >= 0.6 is 0 Å². The Labute approximate surface area is 166 Å². The monoisotopic (exact) mass is 388 g/mol. The molecule has 3 heterocycles. The van der Waals surface area contributed by atoms with Gasteiger partial charge in [-0.15, -0.1) is 5.10 Å². The summed E-state index contributed by atoms with van der Waals surface area (Å²) in [6.45, 7) is 0.697. The van der Waals surface area contributed by atoms with E-state index in [1.54, 1.807) is 22.7 Å². The van der Waals surface area contributed by atoms with Gasteiger partial charge in [0.15, 0.2) is 11.5 Å². The maximum atomic E-state index is 12.4. The van der Waals surface area contributed by atoms with Crippen molar-refractivity contribution in [1.82, 2.24) is 24.9 Å². The number of fused-ring (bicyclic) bond motifs is 3. The molecule has 0 radical (unpaired) electrons. The summed E-state index contributed by atoms with van der Waals surface area (Å²) in [5.41, 5.74) is 2.12. The van der Waals surface area contributed by atoms with Gasteiger partial charge >= 0.3 is 0 Å². The summed E-state index contributed by atoms with van der Waals surface area (Å²) in [5, 5.41) is 21.5. The molecule has 2 aromatic carbocycles. The molecule has 1 aliphatic heterocycles. The molecule has 0 unspecified atom stereocenters. The largest absolute Gasteiger partial charge is 0.508 e. The normalized spacial score (nSPS) is 17.2. The highest BCUT2D eigenvalue weighted by molar-refractivity contribution is 5.93. The molecule has 1 saturated heterocycles. The van der Waals surface area contributed by atoms with Crippen molar-refractivity contribution in [2.75, 3.05) is 11.9 Å². The summed E-state index contributed by atoms with van der Waals surface area (Å²) in [7, 11) is 0. The molecule has 0 saturated carbocycles. The second-order valence-electron chi connectivity index (χ2n) is 7.16. The Balaban J connectivity index is 1.66. The second kappa shape index (κ2) is 7.05. The number of nitrogens with zero attached hydrogens (tertiary/aromatic N) is 4. The van der Waals surface area contributed by atoms with Crippen LogP contribution in [0.2, 0.25) is 0 Å². The van der Waals surface area contributed by atoms with Gasteiger partial charge in [0.05, 0.1) is 5.52 Å². The van der Waals surface area contributed by atoms with E-state index in [9.17, 15) is 9.90 Å². The van der Waals surface area contributed by atoms with Gasteiger partial charge in [-0.2, -0.15) is 4.52 Å². The first-order valence-corrected chi connectivity index (χ1v) is 9.68. The van der Waals surface area contributed by atoms with E-state index in [1.807, 2.05) is 30.3 Å². The fraction of sp³-hybridized carbons (Fsp3) is 0.238. The highest BCUT2D eigenvalue weighted by Crippen LogP contribution is 2.26. The van der Waals surface area contributed by atoms with Gasteiger partial charge in [0.2, 0.25) is 11.9 Å². The number of phenols is 1. The fourth-order valence-electron chi connectivity index (χ4n) is 3.65. The molecule has 1 atom stereocenters. The van der Waals surface area contributed by atoms with E-state index in [4.69, 9.17) is 9.97 Å². The maximum absolute atomic E-state index is 12.4. The number of anilines is 1. The van der Waals surface area contributed by atoms with Crippen LogP contribution in [-0.2, 0) is 4.79 Å². The van der Waals surface area contributed by atoms with Gasteiger partial charge in [-0.1, -0.05) is 24.3 Å². The van der Waals surface area contributed by atoms with Crippen molar-refractivity contribution in [3.8, 4) is 17.1 Å². The highest BCUT2D eigenvalue weighted by atomic mass is 16.3. The summed E-state index contributed by atoms with van der Waals surface area (Å²) in [6.07, 6.45) is 2.66. The van der Waals surface area contributed by atoms with E-state index in [0.29, 0.717) is 29.5 Å². The molecular weight excluding hydrogens is 368 g/mol. The molecule has 5 rings (SSSR count). The predicted molar refractivity (Wildman–Crippen MR) is 110 cm³/mol. The molecule has 0 spiro atoms. The smallest absolute Gasteiger partial charge is 0.242 e. The van der Waals surface area contributed by atoms with E-state index in [-0.39, 0.29) is 17.7 Å². The van der Waals surface area contributed by atoms with Gasteiger partial charge in [-0.25, -0.2) is 9.97 Å². The molecule has 29 heavy (non-hydrogen) atoms. The van der Waals surface area contributed by atoms with Crippen molar-refractivity contribution in [2.24, 2.45) is 0 Å². The Hall–Kier alpha value is -3.68. The van der Waals surface area contributed by atoms with Gasteiger partial charge in [0, 0.05) is 17.5 Å². The van der Waals surface area contributed by atoms with E-state index in [0.717, 1.165) is 30.2 Å². The third kappa shape index (κ3) is 3.22. The zero-order valence-corrected chi connectivity index (χ0v) is 15.7. The standard InChI is InChI=1S/C21H20N6O2/c28-14-7-5-6-13(12-14)18-25-19-15-8-1-2-9-16(15)23-21(27(19)26-18)24-17-10-3-4-11-22-20(17)29/h1-2,5-9,12,17,28H,3-4,10-11H2,(H,22,29)(H,23,24)/t17-/m1/s1. The lowest BCUT2D eigenvalue weighted by molar-refractivity contribution is -0.121. The molecule has 0 bridgehead atoms. The van der Waals surface area contributed by atoms with Crippen molar-refractivity contribution in [3.05, 3.63) is 48.5 Å². The van der Waals surface area contributed by atoms with Crippen molar-refractivity contribution in [2.45, 2.75) is 25.3 Å². The van der Waals surface area contributed by atoms with Crippen LogP contribution in [0.1, 0.15) is 19.3 Å². The molecule has 146 valence electrons. The summed E-state index contributed by atoms with van der Waals surface area (Å²) in [4.78, 5) is 21.8. The van der Waals surface area contributed by atoms with Gasteiger partial charge in [-0.3, -0.25) is 4.79 Å². The molecule has 8 nitrogen and oxygen atoms in total. The summed E-state index contributed by atoms with van der Waals surface area (Å²) in [6, 6.07) is 14.2. The maximum Gasteiger partial charge on any atom is 0.242 e. The number of aromatic nitrogens is 4. The zero-order valence-electron chi connectivity index (χ0n) is 15.7. The lowest BCUT2D eigenvalue weighted by Gasteiger charge is -2.16. The molecule has 1 fully saturated rings. The number of amides is 1. The number of hydrogen-bond acceptors (Lipinski definition) is 6. The lowest BCUT2D eigenvalue weighted by Crippen LogP contribution is -2.38. The van der Waals surface area contributed by atoms with Crippen molar-refractivity contribution in [1.29, 1.82) is 0 Å². The zero-order chi connectivity index (χ0) is 19.8. The lowest BCUT2D eigenvalue weighted by atomic mass is 10.1. The Morgan fingerprint density at radius 1 is 1.10 bits per heavy atom. The van der Waals surface area contributed by atoms with Gasteiger partial charge in [0.1, 0.15) is 11.8 Å². The van der Waals surface area contributed by atoms with Crippen molar-refractivity contribution in [3.63, 3.8) is 0 Å². The summed E-state index contributed by atoms with van der Waals surface area (Å²) in [5.74, 6) is 1.07. The third-order valence-corrected chi connectivity index (χ3v) is 5.12. The minimum atomic E-state index is -0.372. The number of rotatable bonds is 3. The number of nitrogens with one attached hydrogen (secondary N) is 2. The molecule has 1 aliphatic rings. The minimum Gasteiger partial charge on any atom is -0.508 e. The van der Waals surface area contributed by atoms with E-state index >= 15 is 0 Å². The molecule has 1 amide bonds. The highest BCUT2D eigenvalue weighted by Gasteiger charge is 2.23. The Bertz CT molecular complexity index is 1220. The number of benzene rings is 2. The predicted octanol–water partition coefficient (Wildman–Crippen LogP) is 2.73. The van der Waals surface area contributed by atoms with E-state index in [1.165, 1.54) is 0 Å². The van der Waals surface area contributed by atoms with Gasteiger partial charge in [-0.05, 0) is 43.5 Å². The molecule has 3 N–H and O–H groups in total.